The number of rotatable bonds is 3. The predicted molar refractivity (Wildman–Crippen MR) is 60.9 cm³/mol. The lowest BCUT2D eigenvalue weighted by molar-refractivity contribution is -0.126. The molecule has 16 heavy (non-hydrogen) atoms. The van der Waals surface area contributed by atoms with Crippen molar-refractivity contribution in [3.63, 3.8) is 0 Å². The molecule has 0 bridgehead atoms. The van der Waals surface area contributed by atoms with Gasteiger partial charge in [0.05, 0.1) is 19.3 Å². The van der Waals surface area contributed by atoms with Crippen molar-refractivity contribution < 1.29 is 9.53 Å². The first-order chi connectivity index (χ1) is 7.66. The van der Waals surface area contributed by atoms with Crippen LogP contribution in [-0.4, -0.2) is 25.2 Å². The lowest BCUT2D eigenvalue weighted by atomic mass is 10.0. The molecule has 0 spiro atoms. The molecule has 2 rings (SSSR count). The summed E-state index contributed by atoms with van der Waals surface area (Å²) < 4.78 is 4.98. The number of aryl methyl sites for hydroxylation is 1. The third kappa shape index (κ3) is 2.40. The van der Waals surface area contributed by atoms with Gasteiger partial charge in [0, 0.05) is 0 Å². The third-order valence-corrected chi connectivity index (χ3v) is 2.70. The fourth-order valence-corrected chi connectivity index (χ4v) is 1.54. The van der Waals surface area contributed by atoms with Crippen LogP contribution in [0.15, 0.2) is 24.3 Å². The van der Waals surface area contributed by atoms with Crippen LogP contribution in [0.25, 0.3) is 0 Å². The zero-order valence-electron chi connectivity index (χ0n) is 9.27. The minimum atomic E-state index is -0.596. The molecule has 1 fully saturated rings. The summed E-state index contributed by atoms with van der Waals surface area (Å²) in [6.45, 7) is 3.18. The molecule has 1 aromatic carbocycles. The molecule has 0 radical (unpaired) electrons. The van der Waals surface area contributed by atoms with Crippen molar-refractivity contribution in [3.8, 4) is 0 Å². The van der Waals surface area contributed by atoms with E-state index in [1.165, 1.54) is 0 Å². The van der Waals surface area contributed by atoms with Crippen LogP contribution in [0.2, 0.25) is 0 Å². The van der Waals surface area contributed by atoms with E-state index in [4.69, 9.17) is 10.5 Å². The number of carbonyl (C=O) groups excluding carboxylic acids is 1. The molecule has 1 saturated heterocycles. The Morgan fingerprint density at radius 3 is 2.56 bits per heavy atom. The normalized spacial score (nSPS) is 17.6. The highest BCUT2D eigenvalue weighted by atomic mass is 16.5. The van der Waals surface area contributed by atoms with Gasteiger partial charge in [0.2, 0.25) is 5.91 Å². The van der Waals surface area contributed by atoms with Crippen LogP contribution in [0.5, 0.6) is 0 Å². The number of hydrogen-bond acceptors (Lipinski definition) is 3. The molecule has 86 valence electrons. The van der Waals surface area contributed by atoms with Gasteiger partial charge in [-0.05, 0) is 12.5 Å². The van der Waals surface area contributed by atoms with Crippen LogP contribution in [-0.2, 0) is 9.53 Å². The van der Waals surface area contributed by atoms with E-state index < -0.39 is 6.04 Å². The number of hydrogen-bond donors (Lipinski definition) is 2. The Morgan fingerprint density at radius 2 is 2.06 bits per heavy atom. The predicted octanol–water partition coefficient (Wildman–Crippen LogP) is 0.510. The zero-order valence-corrected chi connectivity index (χ0v) is 9.27. The summed E-state index contributed by atoms with van der Waals surface area (Å²) in [4.78, 5) is 11.7. The second-order valence-corrected chi connectivity index (χ2v) is 4.13. The fraction of sp³-hybridized carbons (Fsp3) is 0.417. The lowest BCUT2D eigenvalue weighted by Crippen LogP contribution is -2.51. The third-order valence-electron chi connectivity index (χ3n) is 2.70. The Balaban J connectivity index is 1.97. The molecule has 1 amide bonds. The summed E-state index contributed by atoms with van der Waals surface area (Å²) in [6.07, 6.45) is 0. The van der Waals surface area contributed by atoms with E-state index in [0.29, 0.717) is 13.2 Å². The van der Waals surface area contributed by atoms with Crippen LogP contribution in [0.3, 0.4) is 0 Å². The summed E-state index contributed by atoms with van der Waals surface area (Å²) >= 11 is 0. The number of ether oxygens (including phenoxy) is 1. The Kier molecular flexibility index (Phi) is 3.22. The van der Waals surface area contributed by atoms with E-state index in [-0.39, 0.29) is 11.9 Å². The van der Waals surface area contributed by atoms with E-state index in [0.717, 1.165) is 11.1 Å². The molecule has 1 unspecified atom stereocenters. The molecule has 0 aliphatic carbocycles. The average molecular weight is 220 g/mol. The Bertz CT molecular complexity index is 371. The topological polar surface area (TPSA) is 64.4 Å². The van der Waals surface area contributed by atoms with E-state index in [9.17, 15) is 4.79 Å². The van der Waals surface area contributed by atoms with Crippen LogP contribution in [0, 0.1) is 6.92 Å². The van der Waals surface area contributed by atoms with Gasteiger partial charge in [-0.15, -0.1) is 0 Å². The van der Waals surface area contributed by atoms with Gasteiger partial charge in [-0.3, -0.25) is 4.79 Å². The first kappa shape index (κ1) is 11.1. The van der Waals surface area contributed by atoms with Crippen molar-refractivity contribution in [2.75, 3.05) is 13.2 Å². The van der Waals surface area contributed by atoms with Crippen LogP contribution >= 0.6 is 0 Å². The van der Waals surface area contributed by atoms with E-state index >= 15 is 0 Å². The summed E-state index contributed by atoms with van der Waals surface area (Å²) in [6, 6.07) is 7.21. The number of carbonyl (C=O) groups is 1. The summed E-state index contributed by atoms with van der Waals surface area (Å²) in [5, 5.41) is 2.84. The van der Waals surface area contributed by atoms with Crippen molar-refractivity contribution >= 4 is 5.91 Å². The molecule has 1 aliphatic rings. The molecular formula is C12H16N2O2. The number of nitrogens with one attached hydrogen (secondary N) is 1. The van der Waals surface area contributed by atoms with E-state index in [2.05, 4.69) is 5.32 Å². The minimum Gasteiger partial charge on any atom is -0.377 e. The Labute approximate surface area is 94.8 Å². The van der Waals surface area contributed by atoms with E-state index in [1.54, 1.807) is 0 Å². The quantitative estimate of drug-likeness (QED) is 0.780. The summed E-state index contributed by atoms with van der Waals surface area (Å²) in [7, 11) is 0. The van der Waals surface area contributed by atoms with Crippen molar-refractivity contribution in [2.45, 2.75) is 19.0 Å². The molecule has 0 aromatic heterocycles. The molecule has 0 saturated carbocycles. The number of amides is 1. The van der Waals surface area contributed by atoms with Gasteiger partial charge in [-0.2, -0.15) is 0 Å². The molecule has 1 heterocycles. The number of nitrogens with two attached hydrogens (primary N) is 1. The van der Waals surface area contributed by atoms with Gasteiger partial charge in [0.1, 0.15) is 6.04 Å². The van der Waals surface area contributed by atoms with Crippen molar-refractivity contribution in [1.82, 2.24) is 5.32 Å². The maximum absolute atomic E-state index is 11.7. The molecule has 1 atom stereocenters. The highest BCUT2D eigenvalue weighted by molar-refractivity contribution is 5.83. The summed E-state index contributed by atoms with van der Waals surface area (Å²) in [5.74, 6) is -0.142. The SMILES string of the molecule is Cc1ccc(C(N)C(=O)NC2COC2)cc1. The molecule has 1 aromatic rings. The molecule has 4 nitrogen and oxygen atoms in total. The van der Waals surface area contributed by atoms with Crippen LogP contribution in [0.4, 0.5) is 0 Å². The van der Waals surface area contributed by atoms with Gasteiger partial charge < -0.3 is 15.8 Å². The van der Waals surface area contributed by atoms with Crippen molar-refractivity contribution in [2.24, 2.45) is 5.73 Å². The second kappa shape index (κ2) is 4.63. The fourth-order valence-electron chi connectivity index (χ4n) is 1.54. The standard InChI is InChI=1S/C12H16N2O2/c1-8-2-4-9(5-3-8)11(13)12(15)14-10-6-16-7-10/h2-5,10-11H,6-7,13H2,1H3,(H,14,15). The number of benzene rings is 1. The van der Waals surface area contributed by atoms with Gasteiger partial charge in [-0.25, -0.2) is 0 Å². The Hall–Kier alpha value is -1.39. The van der Waals surface area contributed by atoms with E-state index in [1.807, 2.05) is 31.2 Å². The van der Waals surface area contributed by atoms with Gasteiger partial charge >= 0.3 is 0 Å². The molecule has 1 aliphatic heterocycles. The lowest BCUT2D eigenvalue weighted by Gasteiger charge is -2.28. The first-order valence-electron chi connectivity index (χ1n) is 5.37. The van der Waals surface area contributed by atoms with Crippen molar-refractivity contribution in [1.29, 1.82) is 0 Å². The minimum absolute atomic E-state index is 0.129. The maximum Gasteiger partial charge on any atom is 0.241 e. The highest BCUT2D eigenvalue weighted by Gasteiger charge is 2.24. The average Bonchev–Trinajstić information content (AvgIpc) is 2.23. The maximum atomic E-state index is 11.7. The van der Waals surface area contributed by atoms with Gasteiger partial charge in [0.15, 0.2) is 0 Å². The smallest absolute Gasteiger partial charge is 0.241 e. The monoisotopic (exact) mass is 220 g/mol. The molecule has 3 N–H and O–H groups in total. The largest absolute Gasteiger partial charge is 0.377 e. The Morgan fingerprint density at radius 1 is 1.44 bits per heavy atom. The van der Waals surface area contributed by atoms with Gasteiger partial charge in [-0.1, -0.05) is 29.8 Å². The van der Waals surface area contributed by atoms with Gasteiger partial charge in [0.25, 0.3) is 0 Å². The second-order valence-electron chi connectivity index (χ2n) is 4.13. The van der Waals surface area contributed by atoms with Crippen molar-refractivity contribution in [3.05, 3.63) is 35.4 Å². The molecule has 4 heteroatoms. The molecular weight excluding hydrogens is 204 g/mol. The van der Waals surface area contributed by atoms with Crippen LogP contribution in [0.1, 0.15) is 17.2 Å². The van der Waals surface area contributed by atoms with Crippen LogP contribution < -0.4 is 11.1 Å². The first-order valence-corrected chi connectivity index (χ1v) is 5.37. The zero-order chi connectivity index (χ0) is 11.5. The summed E-state index contributed by atoms with van der Waals surface area (Å²) in [5.41, 5.74) is 7.86. The highest BCUT2D eigenvalue weighted by Crippen LogP contribution is 2.12.